The quantitative estimate of drug-likeness (QED) is 0.413. The van der Waals surface area contributed by atoms with Gasteiger partial charge < -0.3 is 5.32 Å². The summed E-state index contributed by atoms with van der Waals surface area (Å²) in [6.45, 7) is 4.87. The van der Waals surface area contributed by atoms with Crippen LogP contribution in [0.1, 0.15) is 67.8 Å². The average molecular weight is 506 g/mol. The van der Waals surface area contributed by atoms with Crippen LogP contribution in [0.15, 0.2) is 42.5 Å². The van der Waals surface area contributed by atoms with Crippen molar-refractivity contribution in [3.63, 3.8) is 0 Å². The van der Waals surface area contributed by atoms with Gasteiger partial charge in [0.1, 0.15) is 5.82 Å². The summed E-state index contributed by atoms with van der Waals surface area (Å²) in [4.78, 5) is 2.67. The van der Waals surface area contributed by atoms with Crippen LogP contribution in [-0.4, -0.2) is 39.0 Å². The van der Waals surface area contributed by atoms with Crippen molar-refractivity contribution in [2.24, 2.45) is 0 Å². The lowest BCUT2D eigenvalue weighted by atomic mass is 9.89. The number of anilines is 1. The summed E-state index contributed by atoms with van der Waals surface area (Å²) in [6, 6.07) is 12.1. The molecule has 1 aromatic heterocycles. The van der Waals surface area contributed by atoms with Crippen molar-refractivity contribution in [1.29, 1.82) is 0 Å². The van der Waals surface area contributed by atoms with Crippen LogP contribution < -0.4 is 5.32 Å². The number of hydrogen-bond acceptors (Lipinski definition) is 4. The number of fused-ring (bicyclic) bond motifs is 3. The van der Waals surface area contributed by atoms with Crippen molar-refractivity contribution in [3.8, 4) is 11.3 Å². The Morgan fingerprint density at radius 3 is 2.69 bits per heavy atom. The van der Waals surface area contributed by atoms with Gasteiger partial charge in [-0.3, -0.25) is 4.90 Å². The first-order chi connectivity index (χ1) is 17.6. The third-order valence-electron chi connectivity index (χ3n) is 8.18. The van der Waals surface area contributed by atoms with Crippen LogP contribution in [0, 0.1) is 12.7 Å². The Labute approximate surface area is 217 Å². The highest BCUT2D eigenvalue weighted by Gasteiger charge is 2.28. The van der Waals surface area contributed by atoms with Crippen molar-refractivity contribution < 1.29 is 4.39 Å². The summed E-state index contributed by atoms with van der Waals surface area (Å²) < 4.78 is 16.6. The maximum Gasteiger partial charge on any atom is 0.146 e. The average Bonchev–Trinajstić information content (AvgIpc) is 3.20. The van der Waals surface area contributed by atoms with E-state index in [1.165, 1.54) is 49.3 Å². The van der Waals surface area contributed by atoms with E-state index in [1.807, 2.05) is 11.6 Å². The van der Waals surface area contributed by atoms with Crippen LogP contribution in [0.2, 0.25) is 5.02 Å². The lowest BCUT2D eigenvalue weighted by Gasteiger charge is -2.36. The van der Waals surface area contributed by atoms with Crippen LogP contribution in [0.4, 0.5) is 10.1 Å². The van der Waals surface area contributed by atoms with Gasteiger partial charge in [0.15, 0.2) is 0 Å². The zero-order chi connectivity index (χ0) is 24.6. The topological polar surface area (TPSA) is 46.0 Å². The predicted molar refractivity (Wildman–Crippen MR) is 144 cm³/mol. The number of aromatic nitrogens is 3. The Balaban J connectivity index is 1.34. The number of halogens is 2. The highest BCUT2D eigenvalue weighted by molar-refractivity contribution is 6.30. The standard InChI is InChI=1S/C29H33ClFN5/c1-19-29-24-9-7-21(20-11-14-35(15-12-20)23-5-3-2-4-6-23)17-25(24)27(13-16-36(29)34-33-19)32-28-18-22(30)8-10-26(28)31/h7-11,17-18,23,27,32H,2-6,12-16H2,1H3. The molecule has 1 saturated carbocycles. The Morgan fingerprint density at radius 2 is 1.89 bits per heavy atom. The van der Waals surface area contributed by atoms with Gasteiger partial charge in [-0.25, -0.2) is 9.07 Å². The van der Waals surface area contributed by atoms with Crippen molar-refractivity contribution in [3.05, 3.63) is 70.1 Å². The number of hydrogen-bond donors (Lipinski definition) is 1. The Kier molecular flexibility index (Phi) is 6.57. The third-order valence-corrected chi connectivity index (χ3v) is 8.41. The molecule has 1 atom stereocenters. The van der Waals surface area contributed by atoms with Gasteiger partial charge in [0.25, 0.3) is 0 Å². The summed E-state index contributed by atoms with van der Waals surface area (Å²) >= 11 is 6.20. The minimum absolute atomic E-state index is 0.0723. The fraction of sp³-hybridized carbons (Fsp3) is 0.448. The van der Waals surface area contributed by atoms with Crippen LogP contribution in [0.3, 0.4) is 0 Å². The molecule has 0 saturated heterocycles. The van der Waals surface area contributed by atoms with Crippen molar-refractivity contribution in [2.45, 2.75) is 70.5 Å². The zero-order valence-electron chi connectivity index (χ0n) is 20.8. The minimum Gasteiger partial charge on any atom is -0.376 e. The summed E-state index contributed by atoms with van der Waals surface area (Å²) in [5.41, 5.74) is 7.33. The van der Waals surface area contributed by atoms with Gasteiger partial charge in [0.2, 0.25) is 0 Å². The van der Waals surface area contributed by atoms with E-state index in [4.69, 9.17) is 11.6 Å². The maximum absolute atomic E-state index is 14.7. The van der Waals surface area contributed by atoms with Gasteiger partial charge in [0, 0.05) is 36.3 Å². The molecule has 0 spiro atoms. The molecule has 36 heavy (non-hydrogen) atoms. The molecule has 1 fully saturated rings. The smallest absolute Gasteiger partial charge is 0.146 e. The van der Waals surface area contributed by atoms with Crippen LogP contribution in [0.5, 0.6) is 0 Å². The second-order valence-corrected chi connectivity index (χ2v) is 10.9. The molecule has 3 aromatic rings. The fourth-order valence-corrected chi connectivity index (χ4v) is 6.41. The highest BCUT2D eigenvalue weighted by Crippen LogP contribution is 2.39. The molecule has 2 aliphatic heterocycles. The van der Waals surface area contributed by atoms with Gasteiger partial charge in [-0.2, -0.15) is 0 Å². The first-order valence-electron chi connectivity index (χ1n) is 13.3. The maximum atomic E-state index is 14.7. The molecule has 0 bridgehead atoms. The van der Waals surface area contributed by atoms with Crippen LogP contribution in [-0.2, 0) is 6.54 Å². The number of benzene rings is 2. The highest BCUT2D eigenvalue weighted by atomic mass is 35.5. The Bertz CT molecular complexity index is 1290. The predicted octanol–water partition coefficient (Wildman–Crippen LogP) is 7.02. The Hall–Kier alpha value is -2.70. The largest absolute Gasteiger partial charge is 0.376 e. The Morgan fingerprint density at radius 1 is 1.03 bits per heavy atom. The van der Waals surface area contributed by atoms with Crippen LogP contribution in [0.25, 0.3) is 16.8 Å². The molecule has 1 aliphatic carbocycles. The number of nitrogens with zero attached hydrogens (tertiary/aromatic N) is 4. The molecule has 5 nitrogen and oxygen atoms in total. The lowest BCUT2D eigenvalue weighted by molar-refractivity contribution is 0.171. The number of nitrogens with one attached hydrogen (secondary N) is 1. The van der Waals surface area contributed by atoms with E-state index in [1.54, 1.807) is 12.1 Å². The van der Waals surface area contributed by atoms with E-state index in [9.17, 15) is 4.39 Å². The molecular weight excluding hydrogens is 473 g/mol. The second kappa shape index (κ2) is 9.98. The SMILES string of the molecule is Cc1nnn2c1-c1ccc(C3=CCN(C4CCCCC4)CC3)cc1C(Nc1cc(Cl)ccc1F)CC2. The van der Waals surface area contributed by atoms with Gasteiger partial charge in [-0.05, 0) is 73.6 Å². The molecule has 6 rings (SSSR count). The van der Waals surface area contributed by atoms with E-state index >= 15 is 0 Å². The van der Waals surface area contributed by atoms with Gasteiger partial charge >= 0.3 is 0 Å². The summed E-state index contributed by atoms with van der Waals surface area (Å²) in [5, 5.41) is 12.7. The van der Waals surface area contributed by atoms with E-state index in [0.29, 0.717) is 17.3 Å². The van der Waals surface area contributed by atoms with E-state index in [2.05, 4.69) is 44.8 Å². The summed E-state index contributed by atoms with van der Waals surface area (Å²) in [5.74, 6) is -0.297. The van der Waals surface area contributed by atoms with Crippen molar-refractivity contribution >= 4 is 22.9 Å². The van der Waals surface area contributed by atoms with E-state index in [0.717, 1.165) is 54.5 Å². The van der Waals surface area contributed by atoms with Crippen molar-refractivity contribution in [1.82, 2.24) is 19.9 Å². The van der Waals surface area contributed by atoms with Gasteiger partial charge in [-0.15, -0.1) is 5.10 Å². The number of rotatable bonds is 4. The first-order valence-corrected chi connectivity index (χ1v) is 13.6. The van der Waals surface area contributed by atoms with Gasteiger partial charge in [0.05, 0.1) is 23.1 Å². The zero-order valence-corrected chi connectivity index (χ0v) is 21.6. The monoisotopic (exact) mass is 505 g/mol. The molecule has 3 heterocycles. The first kappa shape index (κ1) is 23.7. The molecular formula is C29H33ClFN5. The molecule has 0 radical (unpaired) electrons. The molecule has 2 aromatic carbocycles. The fourth-order valence-electron chi connectivity index (χ4n) is 6.23. The molecule has 188 valence electrons. The molecule has 3 aliphatic rings. The van der Waals surface area contributed by atoms with E-state index in [-0.39, 0.29) is 11.9 Å². The molecule has 1 N–H and O–H groups in total. The summed E-state index contributed by atoms with van der Waals surface area (Å²) in [7, 11) is 0. The lowest BCUT2D eigenvalue weighted by Crippen LogP contribution is -2.39. The molecule has 1 unspecified atom stereocenters. The van der Waals surface area contributed by atoms with E-state index < -0.39 is 0 Å². The molecule has 0 amide bonds. The second-order valence-electron chi connectivity index (χ2n) is 10.4. The minimum atomic E-state index is -0.297. The normalized spacial score (nSPS) is 20.9. The molecule has 7 heteroatoms. The summed E-state index contributed by atoms with van der Waals surface area (Å²) in [6.07, 6.45) is 11.1. The third kappa shape index (κ3) is 4.57. The van der Waals surface area contributed by atoms with Crippen LogP contribution >= 0.6 is 11.6 Å². The van der Waals surface area contributed by atoms with Gasteiger partial charge in [-0.1, -0.05) is 54.3 Å². The number of aryl methyl sites for hydroxylation is 2. The van der Waals surface area contributed by atoms with Crippen molar-refractivity contribution in [2.75, 3.05) is 18.4 Å².